The number of nitrogens with zero attached hydrogens (tertiary/aromatic N) is 1. The highest BCUT2D eigenvalue weighted by Gasteiger charge is 2.37. The summed E-state index contributed by atoms with van der Waals surface area (Å²) in [6.45, 7) is 9.67. The van der Waals surface area contributed by atoms with E-state index in [9.17, 15) is 5.11 Å². The lowest BCUT2D eigenvalue weighted by atomic mass is 9.81. The topological polar surface area (TPSA) is 58.7 Å². The van der Waals surface area contributed by atoms with Crippen LogP contribution in [0.4, 0.5) is 0 Å². The third kappa shape index (κ3) is 3.67. The zero-order valence-electron chi connectivity index (χ0n) is 12.5. The number of piperidine rings is 1. The van der Waals surface area contributed by atoms with Gasteiger partial charge in [0, 0.05) is 31.8 Å². The molecule has 1 heterocycles. The molecule has 0 saturated carbocycles. The molecule has 4 atom stereocenters. The maximum atomic E-state index is 9.70. The minimum Gasteiger partial charge on any atom is -0.395 e. The van der Waals surface area contributed by atoms with Gasteiger partial charge in [-0.25, -0.2) is 0 Å². The van der Waals surface area contributed by atoms with Gasteiger partial charge in [-0.05, 0) is 25.2 Å². The van der Waals surface area contributed by atoms with Crippen molar-refractivity contribution >= 4 is 0 Å². The van der Waals surface area contributed by atoms with Gasteiger partial charge in [0.15, 0.2) is 0 Å². The zero-order chi connectivity index (χ0) is 13.9. The highest BCUT2D eigenvalue weighted by Crippen LogP contribution is 2.28. The lowest BCUT2D eigenvalue weighted by Gasteiger charge is -2.46. The molecule has 3 N–H and O–H groups in total. The van der Waals surface area contributed by atoms with Crippen LogP contribution in [0.25, 0.3) is 0 Å². The first-order chi connectivity index (χ1) is 8.31. The molecule has 108 valence electrons. The van der Waals surface area contributed by atoms with Crippen LogP contribution in [0.2, 0.25) is 0 Å². The molecule has 4 unspecified atom stereocenters. The van der Waals surface area contributed by atoms with Crippen molar-refractivity contribution in [3.8, 4) is 0 Å². The van der Waals surface area contributed by atoms with Gasteiger partial charge in [-0.2, -0.15) is 0 Å². The summed E-state index contributed by atoms with van der Waals surface area (Å²) in [5, 5.41) is 9.70. The van der Waals surface area contributed by atoms with E-state index in [4.69, 9.17) is 10.5 Å². The lowest BCUT2D eigenvalue weighted by Crippen LogP contribution is -2.60. The fourth-order valence-electron chi connectivity index (χ4n) is 2.86. The molecule has 1 fully saturated rings. The largest absolute Gasteiger partial charge is 0.395 e. The summed E-state index contributed by atoms with van der Waals surface area (Å²) in [4.78, 5) is 2.35. The molecule has 4 heteroatoms. The predicted octanol–water partition coefficient (Wildman–Crippen LogP) is 1.22. The molecule has 0 spiro atoms. The normalized spacial score (nSPS) is 30.2. The average Bonchev–Trinajstić information content (AvgIpc) is 2.30. The Balaban J connectivity index is 2.72. The second-order valence-corrected chi connectivity index (χ2v) is 6.61. The number of methoxy groups -OCH3 is 1. The van der Waals surface area contributed by atoms with Crippen molar-refractivity contribution in [2.24, 2.45) is 11.1 Å². The van der Waals surface area contributed by atoms with E-state index in [0.29, 0.717) is 12.1 Å². The average molecular weight is 258 g/mol. The van der Waals surface area contributed by atoms with E-state index in [1.165, 1.54) is 0 Å². The Morgan fingerprint density at radius 1 is 1.44 bits per heavy atom. The van der Waals surface area contributed by atoms with Crippen LogP contribution in [0.3, 0.4) is 0 Å². The maximum absolute atomic E-state index is 9.70. The van der Waals surface area contributed by atoms with E-state index in [-0.39, 0.29) is 24.1 Å². The predicted molar refractivity (Wildman–Crippen MR) is 74.5 cm³/mol. The monoisotopic (exact) mass is 258 g/mol. The van der Waals surface area contributed by atoms with E-state index in [1.807, 2.05) is 0 Å². The number of hydrogen-bond acceptors (Lipinski definition) is 4. The molecule has 1 aliphatic rings. The molecule has 1 rings (SSSR count). The Hall–Kier alpha value is -0.160. The van der Waals surface area contributed by atoms with Crippen LogP contribution in [0.5, 0.6) is 0 Å². The third-order valence-electron chi connectivity index (χ3n) is 4.24. The number of ether oxygens (including phenoxy) is 1. The Morgan fingerprint density at radius 2 is 2.06 bits per heavy atom. The Labute approximate surface area is 111 Å². The number of aliphatic hydroxyl groups excluding tert-OH is 1. The fourth-order valence-corrected chi connectivity index (χ4v) is 2.86. The van der Waals surface area contributed by atoms with Crippen LogP contribution in [-0.2, 0) is 4.74 Å². The summed E-state index contributed by atoms with van der Waals surface area (Å²) < 4.78 is 5.43. The van der Waals surface area contributed by atoms with Crippen LogP contribution < -0.4 is 5.73 Å². The minimum atomic E-state index is -0.0240. The number of nitrogens with two attached hydrogens (primary N) is 1. The first kappa shape index (κ1) is 15.9. The second kappa shape index (κ2) is 6.33. The summed E-state index contributed by atoms with van der Waals surface area (Å²) in [5.41, 5.74) is 6.34. The molecule has 4 nitrogen and oxygen atoms in total. The fraction of sp³-hybridized carbons (Fsp3) is 1.00. The van der Waals surface area contributed by atoms with Gasteiger partial charge in [0.25, 0.3) is 0 Å². The van der Waals surface area contributed by atoms with Crippen molar-refractivity contribution in [1.82, 2.24) is 4.90 Å². The smallest absolute Gasteiger partial charge is 0.0602 e. The molecule has 0 aromatic heterocycles. The summed E-state index contributed by atoms with van der Waals surface area (Å²) in [7, 11) is 1.78. The van der Waals surface area contributed by atoms with Crippen LogP contribution in [0.1, 0.15) is 40.5 Å². The number of aliphatic hydroxyl groups is 1. The molecule has 1 aliphatic heterocycles. The summed E-state index contributed by atoms with van der Waals surface area (Å²) in [5.74, 6) is 0. The highest BCUT2D eigenvalue weighted by molar-refractivity contribution is 4.93. The van der Waals surface area contributed by atoms with Gasteiger partial charge in [0.2, 0.25) is 0 Å². The first-order valence-corrected chi connectivity index (χ1v) is 6.96. The van der Waals surface area contributed by atoms with Crippen molar-refractivity contribution in [2.75, 3.05) is 20.3 Å². The van der Waals surface area contributed by atoms with Gasteiger partial charge in [-0.3, -0.25) is 4.90 Å². The lowest BCUT2D eigenvalue weighted by molar-refractivity contribution is -0.0273. The molecular formula is C14H30N2O2. The molecule has 18 heavy (non-hydrogen) atoms. The van der Waals surface area contributed by atoms with Crippen LogP contribution in [-0.4, -0.2) is 54.5 Å². The molecule has 0 radical (unpaired) electrons. The molecule has 0 aromatic carbocycles. The summed E-state index contributed by atoms with van der Waals surface area (Å²) in [6.07, 6.45) is 2.39. The third-order valence-corrected chi connectivity index (χ3v) is 4.24. The molecule has 0 aromatic rings. The van der Waals surface area contributed by atoms with Crippen molar-refractivity contribution in [3.05, 3.63) is 0 Å². The quantitative estimate of drug-likeness (QED) is 0.796. The van der Waals surface area contributed by atoms with Gasteiger partial charge >= 0.3 is 0 Å². The number of rotatable bonds is 4. The van der Waals surface area contributed by atoms with E-state index in [0.717, 1.165) is 19.4 Å². The molecular weight excluding hydrogens is 228 g/mol. The second-order valence-electron chi connectivity index (χ2n) is 6.61. The first-order valence-electron chi connectivity index (χ1n) is 6.96. The number of likely N-dealkylation sites (tertiary alicyclic amines) is 1. The van der Waals surface area contributed by atoms with Crippen LogP contribution in [0.15, 0.2) is 0 Å². The van der Waals surface area contributed by atoms with Crippen LogP contribution >= 0.6 is 0 Å². The van der Waals surface area contributed by atoms with E-state index in [2.05, 4.69) is 32.6 Å². The van der Waals surface area contributed by atoms with E-state index in [1.54, 1.807) is 7.11 Å². The van der Waals surface area contributed by atoms with Crippen molar-refractivity contribution < 1.29 is 9.84 Å². The van der Waals surface area contributed by atoms with E-state index >= 15 is 0 Å². The Bertz CT molecular complexity index is 253. The Morgan fingerprint density at radius 3 is 2.44 bits per heavy atom. The zero-order valence-corrected chi connectivity index (χ0v) is 12.5. The summed E-state index contributed by atoms with van der Waals surface area (Å²) in [6, 6.07) is 0.427. The van der Waals surface area contributed by atoms with Crippen molar-refractivity contribution in [2.45, 2.75) is 64.8 Å². The van der Waals surface area contributed by atoms with Gasteiger partial charge in [0.05, 0.1) is 12.7 Å². The van der Waals surface area contributed by atoms with Crippen LogP contribution in [0, 0.1) is 5.41 Å². The Kier molecular flexibility index (Phi) is 5.59. The SMILES string of the molecule is COC1CCN(C(CO)C(N)C(C)(C)C)C(C)C1. The summed E-state index contributed by atoms with van der Waals surface area (Å²) >= 11 is 0. The van der Waals surface area contributed by atoms with Gasteiger partial charge in [-0.15, -0.1) is 0 Å². The molecule has 1 saturated heterocycles. The maximum Gasteiger partial charge on any atom is 0.0602 e. The molecule has 0 bridgehead atoms. The van der Waals surface area contributed by atoms with Crippen molar-refractivity contribution in [1.29, 1.82) is 0 Å². The van der Waals surface area contributed by atoms with Gasteiger partial charge < -0.3 is 15.6 Å². The van der Waals surface area contributed by atoms with E-state index < -0.39 is 0 Å². The standard InChI is InChI=1S/C14H30N2O2/c1-10-8-11(18-5)6-7-16(10)12(9-17)13(15)14(2,3)4/h10-13,17H,6-9,15H2,1-5H3. The highest BCUT2D eigenvalue weighted by atomic mass is 16.5. The van der Waals surface area contributed by atoms with Gasteiger partial charge in [-0.1, -0.05) is 20.8 Å². The minimum absolute atomic E-state index is 0.00518. The van der Waals surface area contributed by atoms with Gasteiger partial charge in [0.1, 0.15) is 0 Å². The molecule has 0 aliphatic carbocycles. The molecule has 0 amide bonds. The number of hydrogen-bond donors (Lipinski definition) is 2. The van der Waals surface area contributed by atoms with Crippen molar-refractivity contribution in [3.63, 3.8) is 0 Å².